The van der Waals surface area contributed by atoms with E-state index in [0.717, 1.165) is 10.3 Å². The van der Waals surface area contributed by atoms with Crippen LogP contribution in [0, 0.1) is 0 Å². The normalized spacial score (nSPS) is 11.6. The maximum Gasteiger partial charge on any atom is 0.450 e. The summed E-state index contributed by atoms with van der Waals surface area (Å²) in [5, 5.41) is 3.08. The first kappa shape index (κ1) is 17.8. The van der Waals surface area contributed by atoms with Crippen molar-refractivity contribution in [2.24, 2.45) is 0 Å². The molecule has 4 aromatic rings. The number of benzene rings is 2. The van der Waals surface area contributed by atoms with E-state index < -0.39 is 12.0 Å². The number of nitrogens with zero attached hydrogens (tertiary/aromatic N) is 3. The molecule has 0 aliphatic carbocycles. The smallest absolute Gasteiger partial charge is 0.450 e. The van der Waals surface area contributed by atoms with Crippen molar-refractivity contribution in [1.82, 2.24) is 14.5 Å². The topological polar surface area (TPSA) is 52.0 Å². The molecule has 142 valence electrons. The third-order valence-electron chi connectivity index (χ3n) is 4.14. The second-order valence-electron chi connectivity index (χ2n) is 5.99. The van der Waals surface area contributed by atoms with Gasteiger partial charge in [-0.25, -0.2) is 9.97 Å². The van der Waals surface area contributed by atoms with Crippen molar-refractivity contribution >= 4 is 22.5 Å². The number of imidazole rings is 1. The number of rotatable bonds is 4. The van der Waals surface area contributed by atoms with Crippen LogP contribution in [0.15, 0.2) is 66.7 Å². The Morgan fingerprint density at radius 1 is 0.893 bits per heavy atom. The Hall–Kier alpha value is -3.55. The Morgan fingerprint density at radius 3 is 2.36 bits per heavy atom. The number of hydrogen-bond acceptors (Lipinski definition) is 4. The fourth-order valence-electron chi connectivity index (χ4n) is 2.89. The molecular weight excluding hydrogens is 369 g/mol. The van der Waals surface area contributed by atoms with E-state index in [0.29, 0.717) is 17.1 Å². The second-order valence-corrected chi connectivity index (χ2v) is 5.99. The predicted octanol–water partition coefficient (Wildman–Crippen LogP) is 5.19. The number of halogens is 3. The molecule has 0 saturated heterocycles. The first-order valence-corrected chi connectivity index (χ1v) is 8.39. The molecule has 2 aromatic heterocycles. The molecule has 2 aromatic carbocycles. The molecule has 1 N–H and O–H groups in total. The number of ether oxygens (including phenoxy) is 1. The van der Waals surface area contributed by atoms with Crippen LogP contribution in [-0.2, 0) is 6.18 Å². The van der Waals surface area contributed by atoms with Crippen LogP contribution in [0.25, 0.3) is 16.9 Å². The quantitative estimate of drug-likeness (QED) is 0.526. The van der Waals surface area contributed by atoms with Gasteiger partial charge in [0.15, 0.2) is 0 Å². The molecule has 0 unspecified atom stereocenters. The number of methoxy groups -OCH3 is 1. The SMILES string of the molecule is COc1ccc(Nc2cccc(-n3c(C(F)(F)F)nc4ccccc43)n2)cc1. The lowest BCUT2D eigenvalue weighted by molar-refractivity contribution is -0.145. The number of para-hydroxylation sites is 2. The van der Waals surface area contributed by atoms with Crippen molar-refractivity contribution in [3.8, 4) is 11.6 Å². The number of fused-ring (bicyclic) bond motifs is 1. The van der Waals surface area contributed by atoms with Gasteiger partial charge in [-0.3, -0.25) is 4.57 Å². The first-order valence-electron chi connectivity index (χ1n) is 8.39. The largest absolute Gasteiger partial charge is 0.497 e. The summed E-state index contributed by atoms with van der Waals surface area (Å²) in [5.41, 5.74) is 1.33. The van der Waals surface area contributed by atoms with Gasteiger partial charge in [0, 0.05) is 5.69 Å². The van der Waals surface area contributed by atoms with E-state index in [2.05, 4.69) is 15.3 Å². The van der Waals surface area contributed by atoms with Gasteiger partial charge in [0.1, 0.15) is 17.4 Å². The van der Waals surface area contributed by atoms with E-state index in [4.69, 9.17) is 4.74 Å². The molecule has 0 aliphatic heterocycles. The Bertz CT molecular complexity index is 1120. The van der Waals surface area contributed by atoms with Crippen LogP contribution in [0.4, 0.5) is 24.7 Å². The molecule has 5 nitrogen and oxygen atoms in total. The Balaban J connectivity index is 1.77. The van der Waals surface area contributed by atoms with E-state index in [-0.39, 0.29) is 11.3 Å². The highest BCUT2D eigenvalue weighted by atomic mass is 19.4. The zero-order valence-electron chi connectivity index (χ0n) is 14.7. The van der Waals surface area contributed by atoms with Crippen LogP contribution in [0.2, 0.25) is 0 Å². The molecule has 4 rings (SSSR count). The molecule has 0 bridgehead atoms. The van der Waals surface area contributed by atoms with Crippen LogP contribution in [-0.4, -0.2) is 21.6 Å². The minimum Gasteiger partial charge on any atom is -0.497 e. The number of aromatic nitrogens is 3. The average molecular weight is 384 g/mol. The average Bonchev–Trinajstić information content (AvgIpc) is 3.09. The number of hydrogen-bond donors (Lipinski definition) is 1. The molecule has 0 amide bonds. The first-order chi connectivity index (χ1) is 13.5. The van der Waals surface area contributed by atoms with E-state index in [1.54, 1.807) is 67.8 Å². The van der Waals surface area contributed by atoms with E-state index >= 15 is 0 Å². The van der Waals surface area contributed by atoms with Crippen molar-refractivity contribution in [3.63, 3.8) is 0 Å². The zero-order valence-corrected chi connectivity index (χ0v) is 14.7. The molecule has 0 aliphatic rings. The summed E-state index contributed by atoms with van der Waals surface area (Å²) in [6, 6.07) is 18.4. The number of anilines is 2. The van der Waals surface area contributed by atoms with Crippen LogP contribution in [0.1, 0.15) is 5.82 Å². The van der Waals surface area contributed by atoms with Gasteiger partial charge in [0.2, 0.25) is 5.82 Å². The summed E-state index contributed by atoms with van der Waals surface area (Å²) < 4.78 is 46.8. The number of pyridine rings is 1. The fraction of sp³-hybridized carbons (Fsp3) is 0.100. The van der Waals surface area contributed by atoms with Gasteiger partial charge in [0.25, 0.3) is 0 Å². The summed E-state index contributed by atoms with van der Waals surface area (Å²) in [6.45, 7) is 0. The van der Waals surface area contributed by atoms with Crippen LogP contribution >= 0.6 is 0 Å². The van der Waals surface area contributed by atoms with Crippen molar-refractivity contribution in [2.45, 2.75) is 6.18 Å². The summed E-state index contributed by atoms with van der Waals surface area (Å²) in [6.07, 6.45) is -4.61. The Labute approximate surface area is 158 Å². The van der Waals surface area contributed by atoms with Gasteiger partial charge in [-0.2, -0.15) is 13.2 Å². The molecular formula is C20H15F3N4O. The standard InChI is InChI=1S/C20H15F3N4O/c1-28-14-11-9-13(10-12-14)24-17-7-4-8-18(26-17)27-16-6-3-2-5-15(16)25-19(27)20(21,22)23/h2-12H,1H3,(H,24,26). The van der Waals surface area contributed by atoms with E-state index in [1.165, 1.54) is 6.07 Å². The molecule has 2 heterocycles. The predicted molar refractivity (Wildman–Crippen MR) is 100 cm³/mol. The monoisotopic (exact) mass is 384 g/mol. The highest BCUT2D eigenvalue weighted by Gasteiger charge is 2.38. The Kier molecular flexibility index (Phi) is 4.38. The third kappa shape index (κ3) is 3.36. The van der Waals surface area contributed by atoms with E-state index in [9.17, 15) is 13.2 Å². The molecule has 0 spiro atoms. The molecule has 0 fully saturated rings. The maximum absolute atomic E-state index is 13.6. The molecule has 8 heteroatoms. The highest BCUT2D eigenvalue weighted by molar-refractivity contribution is 5.78. The highest BCUT2D eigenvalue weighted by Crippen LogP contribution is 2.33. The summed E-state index contributed by atoms with van der Waals surface area (Å²) >= 11 is 0. The van der Waals surface area contributed by atoms with Crippen LogP contribution in [0.3, 0.4) is 0 Å². The van der Waals surface area contributed by atoms with Gasteiger partial charge < -0.3 is 10.1 Å². The number of alkyl halides is 3. The van der Waals surface area contributed by atoms with Crippen molar-refractivity contribution in [1.29, 1.82) is 0 Å². The van der Waals surface area contributed by atoms with Gasteiger partial charge >= 0.3 is 6.18 Å². The minimum atomic E-state index is -4.61. The van der Waals surface area contributed by atoms with Crippen LogP contribution in [0.5, 0.6) is 5.75 Å². The minimum absolute atomic E-state index is 0.125. The lowest BCUT2D eigenvalue weighted by Gasteiger charge is -2.12. The summed E-state index contributed by atoms with van der Waals surface area (Å²) in [5.74, 6) is 0.225. The van der Waals surface area contributed by atoms with Crippen molar-refractivity contribution in [3.05, 3.63) is 72.6 Å². The number of nitrogens with one attached hydrogen (secondary N) is 1. The van der Waals surface area contributed by atoms with E-state index in [1.807, 2.05) is 0 Å². The lowest BCUT2D eigenvalue weighted by Crippen LogP contribution is -2.14. The van der Waals surface area contributed by atoms with Gasteiger partial charge in [-0.1, -0.05) is 18.2 Å². The summed E-state index contributed by atoms with van der Waals surface area (Å²) in [7, 11) is 1.57. The molecule has 0 saturated carbocycles. The molecule has 0 atom stereocenters. The lowest BCUT2D eigenvalue weighted by atomic mass is 10.3. The van der Waals surface area contributed by atoms with Gasteiger partial charge in [-0.15, -0.1) is 0 Å². The molecule has 28 heavy (non-hydrogen) atoms. The molecule has 0 radical (unpaired) electrons. The fourth-order valence-corrected chi connectivity index (χ4v) is 2.89. The van der Waals surface area contributed by atoms with Gasteiger partial charge in [-0.05, 0) is 48.5 Å². The van der Waals surface area contributed by atoms with Gasteiger partial charge in [0.05, 0.1) is 18.1 Å². The van der Waals surface area contributed by atoms with Crippen LogP contribution < -0.4 is 10.1 Å². The Morgan fingerprint density at radius 2 is 1.64 bits per heavy atom. The second kappa shape index (κ2) is 6.88. The maximum atomic E-state index is 13.6. The zero-order chi connectivity index (χ0) is 19.7. The summed E-state index contributed by atoms with van der Waals surface area (Å²) in [4.78, 5) is 8.11. The van der Waals surface area contributed by atoms with Crippen molar-refractivity contribution < 1.29 is 17.9 Å². The third-order valence-corrected chi connectivity index (χ3v) is 4.14. The van der Waals surface area contributed by atoms with Crippen molar-refractivity contribution in [2.75, 3.05) is 12.4 Å².